The van der Waals surface area contributed by atoms with Gasteiger partial charge in [0.15, 0.2) is 0 Å². The summed E-state index contributed by atoms with van der Waals surface area (Å²) in [5, 5.41) is 0. The molecule has 15 heavy (non-hydrogen) atoms. The van der Waals surface area contributed by atoms with Gasteiger partial charge in [0, 0.05) is 30.1 Å². The van der Waals surface area contributed by atoms with Crippen molar-refractivity contribution in [3.05, 3.63) is 35.9 Å². The van der Waals surface area contributed by atoms with Crippen molar-refractivity contribution >= 4 is 11.8 Å². The van der Waals surface area contributed by atoms with Crippen molar-refractivity contribution in [2.45, 2.75) is 12.1 Å². The molecule has 1 aromatic rings. The quantitative estimate of drug-likeness (QED) is 0.826. The second-order valence-electron chi connectivity index (χ2n) is 4.06. The van der Waals surface area contributed by atoms with Crippen molar-refractivity contribution in [1.29, 1.82) is 0 Å². The molecule has 3 heteroatoms. The molecule has 0 spiro atoms. The minimum absolute atomic E-state index is 0.143. The molecular formula is C12H18N2S. The van der Waals surface area contributed by atoms with Gasteiger partial charge in [-0.3, -0.25) is 4.90 Å². The predicted molar refractivity (Wildman–Crippen MR) is 67.1 cm³/mol. The second-order valence-corrected chi connectivity index (χ2v) is 5.21. The zero-order chi connectivity index (χ0) is 10.7. The van der Waals surface area contributed by atoms with Crippen LogP contribution >= 0.6 is 11.8 Å². The highest BCUT2D eigenvalue weighted by molar-refractivity contribution is 7.99. The third-order valence-corrected chi connectivity index (χ3v) is 4.09. The largest absolute Gasteiger partial charge is 0.323 e. The maximum atomic E-state index is 6.31. The Bertz CT molecular complexity index is 302. The molecule has 1 aliphatic rings. The van der Waals surface area contributed by atoms with E-state index in [-0.39, 0.29) is 6.04 Å². The number of thioether (sulfide) groups is 1. The molecule has 2 nitrogen and oxygen atoms in total. The molecule has 2 rings (SSSR count). The van der Waals surface area contributed by atoms with Crippen LogP contribution in [0.1, 0.15) is 11.6 Å². The van der Waals surface area contributed by atoms with Gasteiger partial charge in [-0.25, -0.2) is 0 Å². The smallest absolute Gasteiger partial charge is 0.0461 e. The number of benzene rings is 1. The molecule has 0 saturated carbocycles. The molecule has 1 aliphatic heterocycles. The number of likely N-dealkylation sites (N-methyl/N-ethyl adjacent to an activating group) is 1. The first kappa shape index (κ1) is 11.0. The summed E-state index contributed by atoms with van der Waals surface area (Å²) in [5.74, 6) is 2.38. The average molecular weight is 222 g/mol. The number of hydrogen-bond donors (Lipinski definition) is 1. The van der Waals surface area contributed by atoms with E-state index in [0.717, 1.165) is 12.3 Å². The SMILES string of the molecule is CN1CCSCC1C(N)c1ccccc1. The van der Waals surface area contributed by atoms with Gasteiger partial charge >= 0.3 is 0 Å². The highest BCUT2D eigenvalue weighted by atomic mass is 32.2. The van der Waals surface area contributed by atoms with E-state index in [1.165, 1.54) is 11.3 Å². The monoisotopic (exact) mass is 222 g/mol. The third-order valence-electron chi connectivity index (χ3n) is 3.04. The van der Waals surface area contributed by atoms with E-state index in [1.807, 2.05) is 17.8 Å². The number of rotatable bonds is 2. The minimum atomic E-state index is 0.143. The van der Waals surface area contributed by atoms with Crippen LogP contribution in [0.15, 0.2) is 30.3 Å². The van der Waals surface area contributed by atoms with E-state index < -0.39 is 0 Å². The van der Waals surface area contributed by atoms with Crippen molar-refractivity contribution in [3.63, 3.8) is 0 Å². The molecule has 82 valence electrons. The van der Waals surface area contributed by atoms with Crippen molar-refractivity contribution < 1.29 is 0 Å². The van der Waals surface area contributed by atoms with Crippen molar-refractivity contribution in [2.24, 2.45) is 5.73 Å². The lowest BCUT2D eigenvalue weighted by atomic mass is 10.0. The normalized spacial score (nSPS) is 25.1. The van der Waals surface area contributed by atoms with E-state index in [4.69, 9.17) is 5.73 Å². The Morgan fingerprint density at radius 3 is 2.80 bits per heavy atom. The van der Waals surface area contributed by atoms with Gasteiger partial charge in [0.25, 0.3) is 0 Å². The first-order chi connectivity index (χ1) is 7.29. The van der Waals surface area contributed by atoms with Crippen LogP contribution in [0.3, 0.4) is 0 Å². The highest BCUT2D eigenvalue weighted by Crippen LogP contribution is 2.24. The standard InChI is InChI=1S/C12H18N2S/c1-14-7-8-15-9-11(14)12(13)10-5-3-2-4-6-10/h2-6,11-12H,7-9,13H2,1H3. The molecule has 0 amide bonds. The fourth-order valence-corrected chi connectivity index (χ4v) is 3.27. The molecule has 1 heterocycles. The number of hydrogen-bond acceptors (Lipinski definition) is 3. The molecular weight excluding hydrogens is 204 g/mol. The first-order valence-corrected chi connectivity index (χ1v) is 6.53. The van der Waals surface area contributed by atoms with Crippen LogP contribution < -0.4 is 5.73 Å². The molecule has 0 aliphatic carbocycles. The molecule has 0 radical (unpaired) electrons. The van der Waals surface area contributed by atoms with Gasteiger partial charge in [-0.05, 0) is 12.6 Å². The Hall–Kier alpha value is -0.510. The Morgan fingerprint density at radius 1 is 1.40 bits per heavy atom. The van der Waals surface area contributed by atoms with Crippen LogP contribution in [0.5, 0.6) is 0 Å². The lowest BCUT2D eigenvalue weighted by molar-refractivity contribution is 0.237. The summed E-state index contributed by atoms with van der Waals surface area (Å²) in [5.41, 5.74) is 7.55. The zero-order valence-corrected chi connectivity index (χ0v) is 9.91. The Kier molecular flexibility index (Phi) is 3.67. The van der Waals surface area contributed by atoms with Crippen LogP contribution in [-0.4, -0.2) is 36.0 Å². The lowest BCUT2D eigenvalue weighted by Gasteiger charge is -2.36. The number of nitrogens with two attached hydrogens (primary N) is 1. The molecule has 2 unspecified atom stereocenters. The Balaban J connectivity index is 2.09. The lowest BCUT2D eigenvalue weighted by Crippen LogP contribution is -2.46. The zero-order valence-electron chi connectivity index (χ0n) is 9.10. The molecule has 2 atom stereocenters. The van der Waals surface area contributed by atoms with E-state index in [9.17, 15) is 0 Å². The van der Waals surface area contributed by atoms with Gasteiger partial charge in [-0.1, -0.05) is 30.3 Å². The Morgan fingerprint density at radius 2 is 2.13 bits per heavy atom. The van der Waals surface area contributed by atoms with Crippen molar-refractivity contribution in [3.8, 4) is 0 Å². The predicted octanol–water partition coefficient (Wildman–Crippen LogP) is 1.73. The van der Waals surface area contributed by atoms with Crippen molar-refractivity contribution in [1.82, 2.24) is 4.90 Å². The maximum Gasteiger partial charge on any atom is 0.0461 e. The highest BCUT2D eigenvalue weighted by Gasteiger charge is 2.26. The summed E-state index contributed by atoms with van der Waals surface area (Å²) in [4.78, 5) is 2.38. The van der Waals surface area contributed by atoms with Crippen molar-refractivity contribution in [2.75, 3.05) is 25.1 Å². The fourth-order valence-electron chi connectivity index (χ4n) is 1.98. The van der Waals surface area contributed by atoms with E-state index in [2.05, 4.69) is 36.2 Å². The molecule has 1 fully saturated rings. The van der Waals surface area contributed by atoms with Gasteiger partial charge in [-0.2, -0.15) is 11.8 Å². The average Bonchev–Trinajstić information content (AvgIpc) is 2.30. The molecule has 0 aromatic heterocycles. The summed E-state index contributed by atoms with van der Waals surface area (Å²) in [6, 6.07) is 11.0. The van der Waals surface area contributed by atoms with Gasteiger partial charge in [0.05, 0.1) is 0 Å². The summed E-state index contributed by atoms with van der Waals surface area (Å²) >= 11 is 2.01. The van der Waals surface area contributed by atoms with Crippen LogP contribution in [0.2, 0.25) is 0 Å². The second kappa shape index (κ2) is 5.01. The Labute approximate surface area is 95.8 Å². The van der Waals surface area contributed by atoms with E-state index >= 15 is 0 Å². The van der Waals surface area contributed by atoms with Gasteiger partial charge in [0.2, 0.25) is 0 Å². The molecule has 0 bridgehead atoms. The molecule has 1 saturated heterocycles. The molecule has 2 N–H and O–H groups in total. The van der Waals surface area contributed by atoms with Gasteiger partial charge in [0.1, 0.15) is 0 Å². The number of nitrogens with zero attached hydrogens (tertiary/aromatic N) is 1. The van der Waals surface area contributed by atoms with Crippen LogP contribution in [0.4, 0.5) is 0 Å². The fraction of sp³-hybridized carbons (Fsp3) is 0.500. The first-order valence-electron chi connectivity index (χ1n) is 5.37. The summed E-state index contributed by atoms with van der Waals surface area (Å²) in [6.07, 6.45) is 0. The van der Waals surface area contributed by atoms with Crippen LogP contribution in [-0.2, 0) is 0 Å². The van der Waals surface area contributed by atoms with E-state index in [1.54, 1.807) is 0 Å². The van der Waals surface area contributed by atoms with Crippen LogP contribution in [0.25, 0.3) is 0 Å². The topological polar surface area (TPSA) is 29.3 Å². The molecule has 1 aromatic carbocycles. The minimum Gasteiger partial charge on any atom is -0.323 e. The van der Waals surface area contributed by atoms with Gasteiger partial charge in [-0.15, -0.1) is 0 Å². The summed E-state index contributed by atoms with van der Waals surface area (Å²) in [6.45, 7) is 1.15. The third kappa shape index (κ3) is 2.54. The maximum absolute atomic E-state index is 6.31. The summed E-state index contributed by atoms with van der Waals surface area (Å²) in [7, 11) is 2.17. The van der Waals surface area contributed by atoms with E-state index in [0.29, 0.717) is 6.04 Å². The van der Waals surface area contributed by atoms with Gasteiger partial charge < -0.3 is 5.73 Å². The summed E-state index contributed by atoms with van der Waals surface area (Å²) < 4.78 is 0. The van der Waals surface area contributed by atoms with Crippen LogP contribution in [0, 0.1) is 0 Å².